The van der Waals surface area contributed by atoms with E-state index in [1.165, 1.54) is 44.3 Å². The maximum atomic E-state index is 4.89. The summed E-state index contributed by atoms with van der Waals surface area (Å²) in [5, 5.41) is 6.88. The van der Waals surface area contributed by atoms with E-state index in [1.807, 2.05) is 0 Å². The monoisotopic (exact) mass is 314 g/mol. The number of hydrogen-bond acceptors (Lipinski definition) is 2. The van der Waals surface area contributed by atoms with E-state index < -0.39 is 0 Å². The third-order valence-corrected chi connectivity index (χ3v) is 4.79. The van der Waals surface area contributed by atoms with Crippen LogP contribution in [0.1, 0.15) is 44.2 Å². The van der Waals surface area contributed by atoms with Gasteiger partial charge in [-0.2, -0.15) is 0 Å². The highest BCUT2D eigenvalue weighted by Crippen LogP contribution is 2.27. The molecule has 1 aliphatic heterocycles. The van der Waals surface area contributed by atoms with E-state index in [0.717, 1.165) is 31.5 Å². The highest BCUT2D eigenvalue weighted by Gasteiger charge is 2.24. The highest BCUT2D eigenvalue weighted by molar-refractivity contribution is 5.79. The van der Waals surface area contributed by atoms with Gasteiger partial charge in [-0.15, -0.1) is 0 Å². The van der Waals surface area contributed by atoms with Crippen LogP contribution in [0.25, 0.3) is 0 Å². The minimum absolute atomic E-state index is 0.398. The SMILES string of the molecule is CCNC(=NCC(c1ccccc1)N1CCCC1)NCC1CC1. The van der Waals surface area contributed by atoms with Gasteiger partial charge in [-0.1, -0.05) is 30.3 Å². The summed E-state index contributed by atoms with van der Waals surface area (Å²) in [6.07, 6.45) is 5.36. The van der Waals surface area contributed by atoms with Gasteiger partial charge in [-0.05, 0) is 57.2 Å². The van der Waals surface area contributed by atoms with Crippen LogP contribution in [0, 0.1) is 5.92 Å². The first kappa shape index (κ1) is 16.3. The molecule has 126 valence electrons. The Morgan fingerprint density at radius 2 is 1.91 bits per heavy atom. The lowest BCUT2D eigenvalue weighted by molar-refractivity contribution is 0.251. The molecule has 1 atom stereocenters. The van der Waals surface area contributed by atoms with Crippen LogP contribution in [0.2, 0.25) is 0 Å². The van der Waals surface area contributed by atoms with Gasteiger partial charge in [0.1, 0.15) is 0 Å². The molecule has 0 amide bonds. The molecule has 0 radical (unpaired) electrons. The smallest absolute Gasteiger partial charge is 0.191 e. The van der Waals surface area contributed by atoms with Crippen LogP contribution in [0.5, 0.6) is 0 Å². The molecule has 1 aliphatic carbocycles. The number of rotatable bonds is 7. The number of likely N-dealkylation sites (tertiary alicyclic amines) is 1. The topological polar surface area (TPSA) is 39.7 Å². The van der Waals surface area contributed by atoms with Crippen LogP contribution in [0.4, 0.5) is 0 Å². The molecule has 4 nitrogen and oxygen atoms in total. The maximum absolute atomic E-state index is 4.89. The zero-order valence-electron chi connectivity index (χ0n) is 14.3. The lowest BCUT2D eigenvalue weighted by Crippen LogP contribution is -2.39. The van der Waals surface area contributed by atoms with E-state index in [9.17, 15) is 0 Å². The van der Waals surface area contributed by atoms with Gasteiger partial charge in [-0.25, -0.2) is 0 Å². The zero-order chi connectivity index (χ0) is 15.9. The maximum Gasteiger partial charge on any atom is 0.191 e. The van der Waals surface area contributed by atoms with Crippen LogP contribution in [0.15, 0.2) is 35.3 Å². The molecule has 0 spiro atoms. The van der Waals surface area contributed by atoms with Crippen molar-refractivity contribution in [3.8, 4) is 0 Å². The van der Waals surface area contributed by atoms with E-state index >= 15 is 0 Å². The van der Waals surface area contributed by atoms with E-state index in [4.69, 9.17) is 4.99 Å². The molecule has 1 unspecified atom stereocenters. The second-order valence-electron chi connectivity index (χ2n) is 6.71. The summed E-state index contributed by atoms with van der Waals surface area (Å²) in [6, 6.07) is 11.2. The molecule has 2 N–H and O–H groups in total. The molecule has 23 heavy (non-hydrogen) atoms. The van der Waals surface area contributed by atoms with Crippen molar-refractivity contribution in [3.63, 3.8) is 0 Å². The molecular formula is C19H30N4. The van der Waals surface area contributed by atoms with Crippen LogP contribution in [-0.4, -0.2) is 43.6 Å². The van der Waals surface area contributed by atoms with Crippen molar-refractivity contribution < 1.29 is 0 Å². The van der Waals surface area contributed by atoms with Gasteiger partial charge in [0, 0.05) is 13.1 Å². The Bertz CT molecular complexity index is 489. The lowest BCUT2D eigenvalue weighted by atomic mass is 10.1. The second kappa shape index (κ2) is 8.34. The van der Waals surface area contributed by atoms with Crippen LogP contribution in [0.3, 0.4) is 0 Å². The molecular weight excluding hydrogens is 284 g/mol. The Morgan fingerprint density at radius 3 is 2.57 bits per heavy atom. The fourth-order valence-corrected chi connectivity index (χ4v) is 3.24. The van der Waals surface area contributed by atoms with Crippen LogP contribution in [-0.2, 0) is 0 Å². The summed E-state index contributed by atoms with van der Waals surface area (Å²) in [6.45, 7) is 7.32. The molecule has 4 heteroatoms. The number of nitrogens with one attached hydrogen (secondary N) is 2. The van der Waals surface area contributed by atoms with Gasteiger partial charge in [0.2, 0.25) is 0 Å². The number of benzene rings is 1. The summed E-state index contributed by atoms with van der Waals surface area (Å²) in [4.78, 5) is 7.47. The lowest BCUT2D eigenvalue weighted by Gasteiger charge is -2.27. The van der Waals surface area contributed by atoms with E-state index in [-0.39, 0.29) is 0 Å². The Hall–Kier alpha value is -1.55. The fourth-order valence-electron chi connectivity index (χ4n) is 3.24. The standard InChI is InChI=1S/C19H30N4/c1-2-20-19(21-14-16-10-11-16)22-15-18(23-12-6-7-13-23)17-8-4-3-5-9-17/h3-5,8-9,16,18H,2,6-7,10-15H2,1H3,(H2,20,21,22). The van der Waals surface area contributed by atoms with Crippen molar-refractivity contribution in [1.29, 1.82) is 0 Å². The molecule has 1 saturated heterocycles. The third kappa shape index (κ3) is 4.96. The summed E-state index contributed by atoms with van der Waals surface area (Å²) >= 11 is 0. The Balaban J connectivity index is 1.66. The predicted octanol–water partition coefficient (Wildman–Crippen LogP) is 2.79. The fraction of sp³-hybridized carbons (Fsp3) is 0.632. The number of nitrogens with zero attached hydrogens (tertiary/aromatic N) is 2. The molecule has 1 saturated carbocycles. The molecule has 1 heterocycles. The second-order valence-corrected chi connectivity index (χ2v) is 6.71. The van der Waals surface area contributed by atoms with Crippen LogP contribution >= 0.6 is 0 Å². The van der Waals surface area contributed by atoms with Gasteiger partial charge >= 0.3 is 0 Å². The molecule has 1 aromatic carbocycles. The van der Waals surface area contributed by atoms with Gasteiger partial charge in [0.25, 0.3) is 0 Å². The molecule has 0 bridgehead atoms. The summed E-state index contributed by atoms with van der Waals surface area (Å²) in [5.41, 5.74) is 1.39. The van der Waals surface area contributed by atoms with E-state index in [0.29, 0.717) is 6.04 Å². The first-order chi connectivity index (χ1) is 11.4. The van der Waals surface area contributed by atoms with Crippen molar-refractivity contribution in [2.45, 2.75) is 38.6 Å². The highest BCUT2D eigenvalue weighted by atomic mass is 15.2. The zero-order valence-corrected chi connectivity index (χ0v) is 14.3. The average Bonchev–Trinajstić information content (AvgIpc) is 3.26. The van der Waals surface area contributed by atoms with Crippen molar-refractivity contribution in [2.75, 3.05) is 32.7 Å². The summed E-state index contributed by atoms with van der Waals surface area (Å²) in [7, 11) is 0. The Morgan fingerprint density at radius 1 is 1.17 bits per heavy atom. The Kier molecular flexibility index (Phi) is 5.92. The van der Waals surface area contributed by atoms with Crippen molar-refractivity contribution in [3.05, 3.63) is 35.9 Å². The molecule has 0 aromatic heterocycles. The molecule has 2 fully saturated rings. The Labute approximate surface area is 140 Å². The van der Waals surface area contributed by atoms with Gasteiger partial charge < -0.3 is 10.6 Å². The van der Waals surface area contributed by atoms with Crippen molar-refractivity contribution in [2.24, 2.45) is 10.9 Å². The first-order valence-corrected chi connectivity index (χ1v) is 9.18. The number of hydrogen-bond donors (Lipinski definition) is 2. The first-order valence-electron chi connectivity index (χ1n) is 9.18. The molecule has 3 rings (SSSR count). The predicted molar refractivity (Wildman–Crippen MR) is 96.7 cm³/mol. The number of aliphatic imine (C=N–C) groups is 1. The van der Waals surface area contributed by atoms with Crippen LogP contribution < -0.4 is 10.6 Å². The van der Waals surface area contributed by atoms with Crippen molar-refractivity contribution in [1.82, 2.24) is 15.5 Å². The van der Waals surface area contributed by atoms with E-state index in [2.05, 4.69) is 52.8 Å². The van der Waals surface area contributed by atoms with Gasteiger partial charge in [0.05, 0.1) is 12.6 Å². The molecule has 2 aliphatic rings. The minimum Gasteiger partial charge on any atom is -0.357 e. The minimum atomic E-state index is 0.398. The van der Waals surface area contributed by atoms with Gasteiger partial charge in [-0.3, -0.25) is 9.89 Å². The summed E-state index contributed by atoms with van der Waals surface area (Å²) < 4.78 is 0. The quantitative estimate of drug-likeness (QED) is 0.600. The average molecular weight is 314 g/mol. The largest absolute Gasteiger partial charge is 0.357 e. The summed E-state index contributed by atoms with van der Waals surface area (Å²) in [5.74, 6) is 1.84. The normalized spacial score (nSPS) is 20.5. The third-order valence-electron chi connectivity index (χ3n) is 4.79. The molecule has 1 aromatic rings. The number of guanidine groups is 1. The van der Waals surface area contributed by atoms with Gasteiger partial charge in [0.15, 0.2) is 5.96 Å². The van der Waals surface area contributed by atoms with E-state index in [1.54, 1.807) is 0 Å². The van der Waals surface area contributed by atoms with Crippen molar-refractivity contribution >= 4 is 5.96 Å².